The maximum absolute atomic E-state index is 13.3. The molecule has 0 aliphatic carbocycles. The van der Waals surface area contributed by atoms with Crippen molar-refractivity contribution in [2.45, 2.75) is 12.6 Å². The van der Waals surface area contributed by atoms with Crippen molar-refractivity contribution < 1.29 is 12.8 Å². The lowest BCUT2D eigenvalue weighted by molar-refractivity contribution is 0.550. The van der Waals surface area contributed by atoms with Crippen molar-refractivity contribution in [3.05, 3.63) is 71.0 Å². The molecule has 2 rings (SSSR count). The summed E-state index contributed by atoms with van der Waals surface area (Å²) < 4.78 is 36.6. The van der Waals surface area contributed by atoms with Gasteiger partial charge in [0.15, 0.2) is 0 Å². The van der Waals surface area contributed by atoms with Crippen LogP contribution in [0.4, 0.5) is 4.39 Å². The maximum atomic E-state index is 13.3. The summed E-state index contributed by atoms with van der Waals surface area (Å²) in [5, 5.41) is 12.0. The molecule has 4 nitrogen and oxygen atoms in total. The van der Waals surface area contributed by atoms with Gasteiger partial charge in [-0.05, 0) is 23.3 Å². The van der Waals surface area contributed by atoms with E-state index in [-0.39, 0.29) is 17.4 Å². The fraction of sp³-hybridized carbons (Fsp3) is 0.235. The predicted octanol–water partition coefficient (Wildman–Crippen LogP) is 2.57. The molecule has 0 aromatic heterocycles. The Morgan fingerprint density at radius 2 is 1.91 bits per heavy atom. The minimum atomic E-state index is -3.17. The van der Waals surface area contributed by atoms with Crippen LogP contribution in [0.15, 0.2) is 48.5 Å². The molecule has 0 radical (unpaired) electrons. The number of nitrogens with zero attached hydrogens (tertiary/aromatic N) is 1. The van der Waals surface area contributed by atoms with Gasteiger partial charge in [0.05, 0.1) is 11.3 Å². The quantitative estimate of drug-likeness (QED) is 0.883. The molecule has 0 aliphatic heterocycles. The molecule has 0 aliphatic rings. The molecule has 2 aromatic rings. The minimum absolute atomic E-state index is 0.0244. The van der Waals surface area contributed by atoms with E-state index in [4.69, 9.17) is 5.26 Å². The average molecular weight is 332 g/mol. The standard InChI is InChI=1S/C17H17FN2O2S/c1-23(21,22)12-17(14-5-3-2-4-6-14)20-11-13-7-8-16(18)15(9-13)10-19/h2-9,17,20H,11-12H2,1H3. The zero-order valence-electron chi connectivity index (χ0n) is 12.7. The first-order valence-electron chi connectivity index (χ1n) is 7.03. The fourth-order valence-corrected chi connectivity index (χ4v) is 3.19. The minimum Gasteiger partial charge on any atom is -0.305 e. The summed E-state index contributed by atoms with van der Waals surface area (Å²) in [5.74, 6) is -0.601. The number of rotatable bonds is 6. The van der Waals surface area contributed by atoms with Crippen LogP contribution >= 0.6 is 0 Å². The number of hydrogen-bond donors (Lipinski definition) is 1. The van der Waals surface area contributed by atoms with Crippen LogP contribution in [0.2, 0.25) is 0 Å². The van der Waals surface area contributed by atoms with Crippen LogP contribution in [-0.2, 0) is 16.4 Å². The van der Waals surface area contributed by atoms with Gasteiger partial charge in [-0.2, -0.15) is 5.26 Å². The molecule has 1 unspecified atom stereocenters. The maximum Gasteiger partial charge on any atom is 0.149 e. The van der Waals surface area contributed by atoms with Crippen molar-refractivity contribution in [1.29, 1.82) is 5.26 Å². The van der Waals surface area contributed by atoms with Crippen LogP contribution < -0.4 is 5.32 Å². The normalized spacial score (nSPS) is 12.6. The van der Waals surface area contributed by atoms with Gasteiger partial charge in [0.1, 0.15) is 21.7 Å². The molecule has 1 atom stereocenters. The highest BCUT2D eigenvalue weighted by Crippen LogP contribution is 2.16. The molecule has 0 saturated carbocycles. The number of sulfone groups is 1. The Labute approximate surface area is 135 Å². The lowest BCUT2D eigenvalue weighted by atomic mass is 10.1. The smallest absolute Gasteiger partial charge is 0.149 e. The number of nitriles is 1. The molecule has 0 spiro atoms. The largest absolute Gasteiger partial charge is 0.305 e. The van der Waals surface area contributed by atoms with Gasteiger partial charge in [0.2, 0.25) is 0 Å². The molecule has 2 aromatic carbocycles. The van der Waals surface area contributed by atoms with E-state index < -0.39 is 15.7 Å². The first kappa shape index (κ1) is 17.1. The Hall–Kier alpha value is -2.23. The Kier molecular flexibility index (Phi) is 5.48. The van der Waals surface area contributed by atoms with E-state index in [2.05, 4.69) is 5.32 Å². The summed E-state index contributed by atoms with van der Waals surface area (Å²) in [5.41, 5.74) is 1.56. The van der Waals surface area contributed by atoms with Crippen LogP contribution in [0.25, 0.3) is 0 Å². The van der Waals surface area contributed by atoms with Gasteiger partial charge >= 0.3 is 0 Å². The molecule has 0 amide bonds. The summed E-state index contributed by atoms with van der Waals surface area (Å²) in [6.45, 7) is 0.337. The highest BCUT2D eigenvalue weighted by atomic mass is 32.2. The second-order valence-corrected chi connectivity index (χ2v) is 7.55. The number of nitrogens with one attached hydrogen (secondary N) is 1. The van der Waals surface area contributed by atoms with Gasteiger partial charge < -0.3 is 5.32 Å². The molecular weight excluding hydrogens is 315 g/mol. The van der Waals surface area contributed by atoms with E-state index in [9.17, 15) is 12.8 Å². The van der Waals surface area contributed by atoms with Crippen molar-refractivity contribution in [2.75, 3.05) is 12.0 Å². The second-order valence-electron chi connectivity index (χ2n) is 5.36. The van der Waals surface area contributed by atoms with Gasteiger partial charge in [0, 0.05) is 18.8 Å². The van der Waals surface area contributed by atoms with Gasteiger partial charge in [-0.1, -0.05) is 36.4 Å². The van der Waals surface area contributed by atoms with Gasteiger partial charge in [-0.3, -0.25) is 0 Å². The third kappa shape index (κ3) is 5.16. The van der Waals surface area contributed by atoms with Crippen molar-refractivity contribution in [2.24, 2.45) is 0 Å². The zero-order valence-corrected chi connectivity index (χ0v) is 13.5. The molecule has 0 bridgehead atoms. The highest BCUT2D eigenvalue weighted by molar-refractivity contribution is 7.90. The van der Waals surface area contributed by atoms with E-state index in [1.807, 2.05) is 30.3 Å². The first-order valence-corrected chi connectivity index (χ1v) is 9.09. The Morgan fingerprint density at radius 1 is 1.22 bits per heavy atom. The third-order valence-electron chi connectivity index (χ3n) is 3.38. The van der Waals surface area contributed by atoms with Crippen molar-refractivity contribution in [3.8, 4) is 6.07 Å². The summed E-state index contributed by atoms with van der Waals surface area (Å²) in [4.78, 5) is 0. The monoisotopic (exact) mass is 332 g/mol. The Morgan fingerprint density at radius 3 is 2.52 bits per heavy atom. The summed E-state index contributed by atoms with van der Waals surface area (Å²) >= 11 is 0. The second kappa shape index (κ2) is 7.36. The van der Waals surface area contributed by atoms with E-state index in [0.717, 1.165) is 11.1 Å². The van der Waals surface area contributed by atoms with Crippen LogP contribution in [0.5, 0.6) is 0 Å². The van der Waals surface area contributed by atoms with Gasteiger partial charge in [-0.15, -0.1) is 0 Å². The zero-order chi connectivity index (χ0) is 16.9. The van der Waals surface area contributed by atoms with Gasteiger partial charge in [0.25, 0.3) is 0 Å². The van der Waals surface area contributed by atoms with Gasteiger partial charge in [-0.25, -0.2) is 12.8 Å². The van der Waals surface area contributed by atoms with E-state index in [0.29, 0.717) is 6.54 Å². The van der Waals surface area contributed by atoms with Crippen molar-refractivity contribution in [1.82, 2.24) is 5.32 Å². The van der Waals surface area contributed by atoms with Crippen LogP contribution in [0.1, 0.15) is 22.7 Å². The molecule has 0 saturated heterocycles. The van der Waals surface area contributed by atoms with Crippen LogP contribution in [0, 0.1) is 17.1 Å². The van der Waals surface area contributed by atoms with Crippen LogP contribution in [0.3, 0.4) is 0 Å². The van der Waals surface area contributed by atoms with E-state index in [1.54, 1.807) is 12.1 Å². The summed E-state index contributed by atoms with van der Waals surface area (Å²) in [6, 6.07) is 15.0. The topological polar surface area (TPSA) is 70.0 Å². The van der Waals surface area contributed by atoms with E-state index >= 15 is 0 Å². The van der Waals surface area contributed by atoms with Crippen molar-refractivity contribution in [3.63, 3.8) is 0 Å². The Balaban J connectivity index is 2.17. The SMILES string of the molecule is CS(=O)(=O)CC(NCc1ccc(F)c(C#N)c1)c1ccccc1. The average Bonchev–Trinajstić information content (AvgIpc) is 2.52. The lowest BCUT2D eigenvalue weighted by Crippen LogP contribution is -2.27. The third-order valence-corrected chi connectivity index (χ3v) is 4.31. The highest BCUT2D eigenvalue weighted by Gasteiger charge is 2.17. The molecule has 120 valence electrons. The lowest BCUT2D eigenvalue weighted by Gasteiger charge is -2.18. The fourth-order valence-electron chi connectivity index (χ4n) is 2.27. The molecule has 0 heterocycles. The predicted molar refractivity (Wildman–Crippen MR) is 86.8 cm³/mol. The van der Waals surface area contributed by atoms with E-state index in [1.165, 1.54) is 18.4 Å². The number of halogens is 1. The van der Waals surface area contributed by atoms with Crippen LogP contribution in [-0.4, -0.2) is 20.4 Å². The first-order chi connectivity index (χ1) is 10.9. The molecule has 1 N–H and O–H groups in total. The molecule has 0 fully saturated rings. The molecule has 23 heavy (non-hydrogen) atoms. The Bertz CT molecular complexity index is 814. The summed E-state index contributed by atoms with van der Waals surface area (Å²) in [6.07, 6.45) is 1.19. The number of hydrogen-bond acceptors (Lipinski definition) is 4. The number of benzene rings is 2. The summed E-state index contributed by atoms with van der Waals surface area (Å²) in [7, 11) is -3.17. The molecule has 6 heteroatoms. The molecular formula is C17H17FN2O2S. The van der Waals surface area contributed by atoms with Crippen molar-refractivity contribution >= 4 is 9.84 Å².